The standard InChI is InChI=1S/C10H18N2/c1-5-6-8(7-11)9(12)10(2,3)4/h5-6,12H2,1-4H3. The van der Waals surface area contributed by atoms with Crippen LogP contribution in [0.25, 0.3) is 0 Å². The third-order valence-electron chi connectivity index (χ3n) is 1.77. The zero-order chi connectivity index (χ0) is 9.78. The monoisotopic (exact) mass is 166 g/mol. The average Bonchev–Trinajstić information content (AvgIpc) is 1.97. The highest BCUT2D eigenvalue weighted by Gasteiger charge is 2.17. The predicted octanol–water partition coefficient (Wildman–Crippen LogP) is 2.57. The Kier molecular flexibility index (Phi) is 3.82. The Morgan fingerprint density at radius 2 is 1.92 bits per heavy atom. The van der Waals surface area contributed by atoms with Crippen molar-refractivity contribution in [2.24, 2.45) is 11.1 Å². The van der Waals surface area contributed by atoms with E-state index in [-0.39, 0.29) is 5.41 Å². The van der Waals surface area contributed by atoms with Crippen molar-refractivity contribution < 1.29 is 0 Å². The summed E-state index contributed by atoms with van der Waals surface area (Å²) in [6, 6.07) is 2.16. The van der Waals surface area contributed by atoms with Gasteiger partial charge < -0.3 is 5.73 Å². The number of hydrogen-bond acceptors (Lipinski definition) is 2. The number of rotatable bonds is 2. The lowest BCUT2D eigenvalue weighted by atomic mass is 9.88. The molecule has 0 aromatic rings. The molecular weight excluding hydrogens is 148 g/mol. The maximum atomic E-state index is 8.80. The first kappa shape index (κ1) is 11.0. The van der Waals surface area contributed by atoms with Crippen LogP contribution in [0.4, 0.5) is 0 Å². The molecule has 0 heterocycles. The third-order valence-corrected chi connectivity index (χ3v) is 1.77. The van der Waals surface area contributed by atoms with E-state index in [1.165, 1.54) is 0 Å². The van der Waals surface area contributed by atoms with Crippen LogP contribution in [0, 0.1) is 16.7 Å². The van der Waals surface area contributed by atoms with E-state index in [0.29, 0.717) is 0 Å². The van der Waals surface area contributed by atoms with Gasteiger partial charge in [0.1, 0.15) is 0 Å². The molecule has 0 aromatic heterocycles. The van der Waals surface area contributed by atoms with Crippen molar-refractivity contribution in [2.75, 3.05) is 0 Å². The fraction of sp³-hybridized carbons (Fsp3) is 0.700. The Morgan fingerprint density at radius 1 is 1.42 bits per heavy atom. The molecule has 0 saturated heterocycles. The van der Waals surface area contributed by atoms with E-state index in [0.717, 1.165) is 24.1 Å². The molecule has 0 aliphatic heterocycles. The second kappa shape index (κ2) is 4.15. The molecular formula is C10H18N2. The first-order valence-corrected chi connectivity index (χ1v) is 4.32. The van der Waals surface area contributed by atoms with Crippen molar-refractivity contribution in [1.82, 2.24) is 0 Å². The van der Waals surface area contributed by atoms with E-state index in [9.17, 15) is 0 Å². The Balaban J connectivity index is 4.76. The first-order valence-electron chi connectivity index (χ1n) is 4.32. The predicted molar refractivity (Wildman–Crippen MR) is 51.2 cm³/mol. The molecule has 2 heteroatoms. The lowest BCUT2D eigenvalue weighted by Crippen LogP contribution is -2.19. The summed E-state index contributed by atoms with van der Waals surface area (Å²) in [6.07, 6.45) is 1.76. The van der Waals surface area contributed by atoms with Gasteiger partial charge in [-0.25, -0.2) is 0 Å². The topological polar surface area (TPSA) is 49.8 Å². The summed E-state index contributed by atoms with van der Waals surface area (Å²) in [7, 11) is 0. The molecule has 0 spiro atoms. The van der Waals surface area contributed by atoms with E-state index in [2.05, 4.69) is 6.07 Å². The third kappa shape index (κ3) is 2.96. The number of nitrogens with two attached hydrogens (primary N) is 1. The van der Waals surface area contributed by atoms with E-state index in [4.69, 9.17) is 11.0 Å². The molecule has 0 saturated carbocycles. The Labute approximate surface area is 75.1 Å². The quantitative estimate of drug-likeness (QED) is 0.641. The summed E-state index contributed by atoms with van der Waals surface area (Å²) < 4.78 is 0. The van der Waals surface area contributed by atoms with Gasteiger partial charge in [-0.1, -0.05) is 34.1 Å². The lowest BCUT2D eigenvalue weighted by molar-refractivity contribution is 0.491. The fourth-order valence-corrected chi connectivity index (χ4v) is 0.953. The second-order valence-corrected chi connectivity index (χ2v) is 4.00. The molecule has 2 N–H and O–H groups in total. The Hall–Kier alpha value is -0.970. The zero-order valence-electron chi connectivity index (χ0n) is 8.44. The Bertz CT molecular complexity index is 213. The summed E-state index contributed by atoms with van der Waals surface area (Å²) in [5.74, 6) is 0. The molecule has 0 radical (unpaired) electrons. The van der Waals surface area contributed by atoms with Crippen LogP contribution < -0.4 is 5.73 Å². The molecule has 0 aliphatic carbocycles. The van der Waals surface area contributed by atoms with E-state index in [1.54, 1.807) is 0 Å². The van der Waals surface area contributed by atoms with Gasteiger partial charge in [0.15, 0.2) is 0 Å². The molecule has 12 heavy (non-hydrogen) atoms. The summed E-state index contributed by atoms with van der Waals surface area (Å²) in [4.78, 5) is 0. The van der Waals surface area contributed by atoms with Gasteiger partial charge in [0.2, 0.25) is 0 Å². The van der Waals surface area contributed by atoms with Gasteiger partial charge in [0, 0.05) is 16.7 Å². The molecule has 0 amide bonds. The second-order valence-electron chi connectivity index (χ2n) is 4.00. The summed E-state index contributed by atoms with van der Waals surface area (Å²) >= 11 is 0. The van der Waals surface area contributed by atoms with Crippen LogP contribution in [0.5, 0.6) is 0 Å². The maximum Gasteiger partial charge on any atom is 0.0965 e. The molecule has 0 fully saturated rings. The normalized spacial score (nSPS) is 13.6. The van der Waals surface area contributed by atoms with E-state index < -0.39 is 0 Å². The lowest BCUT2D eigenvalue weighted by Gasteiger charge is -2.20. The van der Waals surface area contributed by atoms with Crippen LogP contribution in [0.15, 0.2) is 11.3 Å². The molecule has 68 valence electrons. The summed E-state index contributed by atoms with van der Waals surface area (Å²) in [5, 5.41) is 8.80. The molecule has 2 nitrogen and oxygen atoms in total. The number of nitriles is 1. The van der Waals surface area contributed by atoms with Crippen molar-refractivity contribution >= 4 is 0 Å². The summed E-state index contributed by atoms with van der Waals surface area (Å²) in [5.41, 5.74) is 7.23. The minimum Gasteiger partial charge on any atom is -0.401 e. The van der Waals surface area contributed by atoms with E-state index in [1.807, 2.05) is 27.7 Å². The zero-order valence-corrected chi connectivity index (χ0v) is 8.44. The largest absolute Gasteiger partial charge is 0.401 e. The van der Waals surface area contributed by atoms with Crippen LogP contribution >= 0.6 is 0 Å². The highest BCUT2D eigenvalue weighted by atomic mass is 14.6. The number of allylic oxidation sites excluding steroid dienone is 2. The Morgan fingerprint density at radius 3 is 2.17 bits per heavy atom. The minimum atomic E-state index is -0.0831. The minimum absolute atomic E-state index is 0.0831. The molecule has 0 atom stereocenters. The van der Waals surface area contributed by atoms with Crippen molar-refractivity contribution in [2.45, 2.75) is 40.5 Å². The van der Waals surface area contributed by atoms with Gasteiger partial charge >= 0.3 is 0 Å². The van der Waals surface area contributed by atoms with Gasteiger partial charge in [-0.15, -0.1) is 0 Å². The van der Waals surface area contributed by atoms with Crippen molar-refractivity contribution in [1.29, 1.82) is 5.26 Å². The van der Waals surface area contributed by atoms with E-state index >= 15 is 0 Å². The number of hydrogen-bond donors (Lipinski definition) is 1. The van der Waals surface area contributed by atoms with Crippen LogP contribution in [0.2, 0.25) is 0 Å². The van der Waals surface area contributed by atoms with Crippen molar-refractivity contribution in [3.63, 3.8) is 0 Å². The molecule has 0 aliphatic rings. The van der Waals surface area contributed by atoms with Gasteiger partial charge in [0.25, 0.3) is 0 Å². The SMILES string of the molecule is CCCC(C#N)=C(N)C(C)(C)C. The fourth-order valence-electron chi connectivity index (χ4n) is 0.953. The van der Waals surface area contributed by atoms with Gasteiger partial charge in [-0.2, -0.15) is 5.26 Å². The molecule has 0 aromatic carbocycles. The molecule has 0 bridgehead atoms. The molecule has 0 rings (SSSR count). The van der Waals surface area contributed by atoms with Crippen LogP contribution in [0.3, 0.4) is 0 Å². The highest BCUT2D eigenvalue weighted by molar-refractivity contribution is 5.28. The molecule has 0 unspecified atom stereocenters. The van der Waals surface area contributed by atoms with Crippen LogP contribution in [-0.2, 0) is 0 Å². The first-order chi connectivity index (χ1) is 5.43. The van der Waals surface area contributed by atoms with Gasteiger partial charge in [-0.3, -0.25) is 0 Å². The van der Waals surface area contributed by atoms with Gasteiger partial charge in [-0.05, 0) is 6.42 Å². The van der Waals surface area contributed by atoms with Crippen LogP contribution in [0.1, 0.15) is 40.5 Å². The maximum absolute atomic E-state index is 8.80. The van der Waals surface area contributed by atoms with Crippen molar-refractivity contribution in [3.8, 4) is 6.07 Å². The smallest absolute Gasteiger partial charge is 0.0965 e. The van der Waals surface area contributed by atoms with Crippen molar-refractivity contribution in [3.05, 3.63) is 11.3 Å². The van der Waals surface area contributed by atoms with Gasteiger partial charge in [0.05, 0.1) is 6.07 Å². The summed E-state index contributed by atoms with van der Waals surface area (Å²) in [6.45, 7) is 8.12. The number of nitrogens with zero attached hydrogens (tertiary/aromatic N) is 1. The van der Waals surface area contributed by atoms with Crippen LogP contribution in [-0.4, -0.2) is 0 Å². The highest BCUT2D eigenvalue weighted by Crippen LogP contribution is 2.24. The average molecular weight is 166 g/mol.